The highest BCUT2D eigenvalue weighted by molar-refractivity contribution is 5.90. The zero-order chi connectivity index (χ0) is 10.7. The molecule has 0 atom stereocenters. The number of Topliss-reactive ketones (excluding diaryl/α,β-unsaturated/α-hetero) is 1. The minimum absolute atomic E-state index is 0.114. The Hall–Kier alpha value is -0.410. The summed E-state index contributed by atoms with van der Waals surface area (Å²) in [7, 11) is 3.32. The fraction of sp³-hybridized carbons (Fsp3) is 0.917. The molecule has 0 N–H and O–H groups in total. The van der Waals surface area contributed by atoms with Gasteiger partial charge in [0.05, 0.1) is 0 Å². The number of methoxy groups -OCH3 is 2. The minimum Gasteiger partial charge on any atom is -0.353 e. The molecule has 0 aliphatic heterocycles. The molecule has 0 heterocycles. The van der Waals surface area contributed by atoms with E-state index in [2.05, 4.69) is 0 Å². The van der Waals surface area contributed by atoms with E-state index >= 15 is 0 Å². The average molecular weight is 210 g/mol. The standard InChI is InChI=1S/C12H18O3/c1-14-12(15-2)6-9(7-12)10(13)11-3-8(4-11)5-11/h8-9H,3-7H2,1-2H3. The number of ether oxygens (including phenoxy) is 2. The Labute approximate surface area is 90.1 Å². The third-order valence-electron chi connectivity index (χ3n) is 4.79. The summed E-state index contributed by atoms with van der Waals surface area (Å²) < 4.78 is 10.6. The lowest BCUT2D eigenvalue weighted by Gasteiger charge is -2.62. The molecule has 15 heavy (non-hydrogen) atoms. The van der Waals surface area contributed by atoms with Crippen LogP contribution in [0.3, 0.4) is 0 Å². The topological polar surface area (TPSA) is 35.5 Å². The molecule has 3 nitrogen and oxygen atoms in total. The highest BCUT2D eigenvalue weighted by Gasteiger charge is 2.64. The van der Waals surface area contributed by atoms with E-state index in [1.54, 1.807) is 14.2 Å². The summed E-state index contributed by atoms with van der Waals surface area (Å²) in [6.07, 6.45) is 5.00. The second-order valence-corrected chi connectivity index (χ2v) is 5.55. The number of carbonyl (C=O) groups is 1. The predicted molar refractivity (Wildman–Crippen MR) is 54.3 cm³/mol. The van der Waals surface area contributed by atoms with Crippen LogP contribution in [0.4, 0.5) is 0 Å². The molecule has 0 radical (unpaired) electrons. The molecule has 0 amide bonds. The normalized spacial score (nSPS) is 41.3. The highest BCUT2D eigenvalue weighted by Crippen LogP contribution is 2.66. The van der Waals surface area contributed by atoms with Crippen molar-refractivity contribution in [1.29, 1.82) is 0 Å². The van der Waals surface area contributed by atoms with Crippen LogP contribution < -0.4 is 0 Å². The van der Waals surface area contributed by atoms with Crippen molar-refractivity contribution in [2.24, 2.45) is 17.3 Å². The molecular weight excluding hydrogens is 192 g/mol. The van der Waals surface area contributed by atoms with Gasteiger partial charge in [-0.05, 0) is 25.2 Å². The first kappa shape index (κ1) is 9.79. The van der Waals surface area contributed by atoms with Gasteiger partial charge in [0, 0.05) is 38.4 Å². The van der Waals surface area contributed by atoms with E-state index in [0.717, 1.165) is 38.0 Å². The molecular formula is C12H18O3. The maximum atomic E-state index is 12.2. The molecule has 4 saturated carbocycles. The van der Waals surface area contributed by atoms with Crippen LogP contribution in [0.2, 0.25) is 0 Å². The van der Waals surface area contributed by atoms with Crippen molar-refractivity contribution in [3.05, 3.63) is 0 Å². The van der Waals surface area contributed by atoms with E-state index in [4.69, 9.17) is 9.47 Å². The van der Waals surface area contributed by atoms with Gasteiger partial charge in [-0.3, -0.25) is 4.79 Å². The van der Waals surface area contributed by atoms with Crippen molar-refractivity contribution in [2.45, 2.75) is 37.9 Å². The number of rotatable bonds is 4. The first-order valence-electron chi connectivity index (χ1n) is 5.78. The third-order valence-corrected chi connectivity index (χ3v) is 4.79. The number of ketones is 1. The maximum absolute atomic E-state index is 12.2. The Morgan fingerprint density at radius 1 is 1.07 bits per heavy atom. The van der Waals surface area contributed by atoms with Crippen LogP contribution in [-0.4, -0.2) is 25.8 Å². The summed E-state index contributed by atoms with van der Waals surface area (Å²) in [4.78, 5) is 12.2. The fourth-order valence-corrected chi connectivity index (χ4v) is 3.51. The summed E-state index contributed by atoms with van der Waals surface area (Å²) in [6, 6.07) is 0. The molecule has 3 heteroatoms. The molecule has 0 aromatic carbocycles. The monoisotopic (exact) mass is 210 g/mol. The first-order valence-corrected chi connectivity index (χ1v) is 5.78. The highest BCUT2D eigenvalue weighted by atomic mass is 16.7. The zero-order valence-electron chi connectivity index (χ0n) is 9.41. The molecule has 0 saturated heterocycles. The van der Waals surface area contributed by atoms with Gasteiger partial charge in [0.25, 0.3) is 0 Å². The van der Waals surface area contributed by atoms with Crippen LogP contribution in [0.25, 0.3) is 0 Å². The van der Waals surface area contributed by atoms with Crippen molar-refractivity contribution in [3.8, 4) is 0 Å². The molecule has 4 fully saturated rings. The smallest absolute Gasteiger partial charge is 0.168 e. The first-order chi connectivity index (χ1) is 7.13. The van der Waals surface area contributed by atoms with E-state index in [0.29, 0.717) is 5.78 Å². The van der Waals surface area contributed by atoms with Gasteiger partial charge in [-0.25, -0.2) is 0 Å². The summed E-state index contributed by atoms with van der Waals surface area (Å²) in [6.45, 7) is 0. The van der Waals surface area contributed by atoms with Crippen molar-refractivity contribution < 1.29 is 14.3 Å². The van der Waals surface area contributed by atoms with E-state index in [9.17, 15) is 4.79 Å². The lowest BCUT2D eigenvalue weighted by molar-refractivity contribution is -0.271. The van der Waals surface area contributed by atoms with Gasteiger partial charge in [0.15, 0.2) is 5.79 Å². The van der Waals surface area contributed by atoms with Crippen LogP contribution in [0.1, 0.15) is 32.1 Å². The number of carbonyl (C=O) groups excluding carboxylic acids is 1. The summed E-state index contributed by atoms with van der Waals surface area (Å²) in [5.41, 5.74) is 0.114. The molecule has 0 spiro atoms. The van der Waals surface area contributed by atoms with Crippen LogP contribution in [-0.2, 0) is 14.3 Å². The largest absolute Gasteiger partial charge is 0.353 e. The Morgan fingerprint density at radius 3 is 1.93 bits per heavy atom. The van der Waals surface area contributed by atoms with Crippen LogP contribution in [0.5, 0.6) is 0 Å². The van der Waals surface area contributed by atoms with Crippen molar-refractivity contribution >= 4 is 5.78 Å². The van der Waals surface area contributed by atoms with Gasteiger partial charge < -0.3 is 9.47 Å². The molecule has 0 aromatic rings. The van der Waals surface area contributed by atoms with E-state index < -0.39 is 5.79 Å². The van der Waals surface area contributed by atoms with Crippen molar-refractivity contribution in [3.63, 3.8) is 0 Å². The SMILES string of the molecule is COC1(OC)CC(C(=O)C23CC(C2)C3)C1. The molecule has 2 bridgehead atoms. The van der Waals surface area contributed by atoms with Crippen molar-refractivity contribution in [2.75, 3.05) is 14.2 Å². The molecule has 0 aromatic heterocycles. The van der Waals surface area contributed by atoms with Crippen LogP contribution >= 0.6 is 0 Å². The van der Waals surface area contributed by atoms with Crippen molar-refractivity contribution in [1.82, 2.24) is 0 Å². The lowest BCUT2D eigenvalue weighted by atomic mass is 9.41. The van der Waals surface area contributed by atoms with Gasteiger partial charge in [-0.2, -0.15) is 0 Å². The van der Waals surface area contributed by atoms with Gasteiger partial charge in [0.1, 0.15) is 5.78 Å². The second-order valence-electron chi connectivity index (χ2n) is 5.55. The quantitative estimate of drug-likeness (QED) is 0.663. The average Bonchev–Trinajstić information content (AvgIpc) is 1.98. The lowest BCUT2D eigenvalue weighted by Crippen LogP contribution is -2.62. The van der Waals surface area contributed by atoms with Gasteiger partial charge >= 0.3 is 0 Å². The maximum Gasteiger partial charge on any atom is 0.168 e. The third kappa shape index (κ3) is 1.11. The van der Waals surface area contributed by atoms with Crippen LogP contribution in [0, 0.1) is 17.3 Å². The second kappa shape index (κ2) is 2.83. The summed E-state index contributed by atoms with van der Waals surface area (Å²) >= 11 is 0. The number of hydrogen-bond acceptors (Lipinski definition) is 3. The Bertz CT molecular complexity index is 281. The van der Waals surface area contributed by atoms with Gasteiger partial charge in [-0.1, -0.05) is 0 Å². The van der Waals surface area contributed by atoms with E-state index in [1.165, 1.54) is 0 Å². The summed E-state index contributed by atoms with van der Waals surface area (Å²) in [5, 5.41) is 0. The van der Waals surface area contributed by atoms with E-state index in [1.807, 2.05) is 0 Å². The fourth-order valence-electron chi connectivity index (χ4n) is 3.51. The van der Waals surface area contributed by atoms with Gasteiger partial charge in [0.2, 0.25) is 0 Å². The Morgan fingerprint density at radius 2 is 1.60 bits per heavy atom. The molecule has 4 aliphatic carbocycles. The summed E-state index contributed by atoms with van der Waals surface area (Å²) in [5.74, 6) is 1.12. The minimum atomic E-state index is -0.455. The zero-order valence-corrected chi connectivity index (χ0v) is 9.41. The molecule has 84 valence electrons. The van der Waals surface area contributed by atoms with Gasteiger partial charge in [-0.15, -0.1) is 0 Å². The van der Waals surface area contributed by atoms with E-state index in [-0.39, 0.29) is 11.3 Å². The Balaban J connectivity index is 1.60. The molecule has 4 rings (SSSR count). The molecule has 0 unspecified atom stereocenters. The predicted octanol–water partition coefficient (Wildman–Crippen LogP) is 1.75. The Kier molecular flexibility index (Phi) is 1.85. The number of hydrogen-bond donors (Lipinski definition) is 0. The van der Waals surface area contributed by atoms with Crippen LogP contribution in [0.15, 0.2) is 0 Å². The molecule has 4 aliphatic rings.